The fraction of sp³-hybridized carbons (Fsp3) is 0.500. The first-order valence-electron chi connectivity index (χ1n) is 7.09. The molecule has 1 fully saturated rings. The molecule has 0 radical (unpaired) electrons. The fourth-order valence-corrected chi connectivity index (χ4v) is 3.98. The second kappa shape index (κ2) is 8.05. The summed E-state index contributed by atoms with van der Waals surface area (Å²) in [5.41, 5.74) is -0.126. The van der Waals surface area contributed by atoms with Gasteiger partial charge in [-0.05, 0) is 38.1 Å². The number of nitrogens with one attached hydrogen (secondary N) is 2. The van der Waals surface area contributed by atoms with Crippen LogP contribution in [0.2, 0.25) is 0 Å². The van der Waals surface area contributed by atoms with Crippen molar-refractivity contribution in [3.05, 3.63) is 24.0 Å². The maximum absolute atomic E-state index is 13.6. The fourth-order valence-electron chi connectivity index (χ4n) is 2.48. The van der Waals surface area contributed by atoms with Crippen LogP contribution in [0.4, 0.5) is 10.1 Å². The predicted octanol–water partition coefficient (Wildman–Crippen LogP) is 1.58. The third-order valence-corrected chi connectivity index (χ3v) is 5.64. The molecule has 9 heteroatoms. The third-order valence-electron chi connectivity index (χ3n) is 3.75. The minimum atomic E-state index is -3.68. The van der Waals surface area contributed by atoms with Crippen LogP contribution >= 0.6 is 12.4 Å². The molecule has 130 valence electrons. The number of carbonyl (C=O) groups excluding carboxylic acids is 1. The molecule has 1 saturated heterocycles. The van der Waals surface area contributed by atoms with Crippen molar-refractivity contribution in [3.8, 4) is 0 Å². The molecule has 1 amide bonds. The van der Waals surface area contributed by atoms with Crippen LogP contribution in [0.1, 0.15) is 19.8 Å². The molecule has 1 aromatic rings. The Bertz CT molecular complexity index is 661. The molecule has 0 atom stereocenters. The molecule has 1 heterocycles. The van der Waals surface area contributed by atoms with Crippen LogP contribution in [0.25, 0.3) is 0 Å². The van der Waals surface area contributed by atoms with E-state index in [1.54, 1.807) is 0 Å². The van der Waals surface area contributed by atoms with Crippen LogP contribution < -0.4 is 10.6 Å². The van der Waals surface area contributed by atoms with Crippen molar-refractivity contribution in [2.75, 3.05) is 25.5 Å². The van der Waals surface area contributed by atoms with Crippen molar-refractivity contribution in [3.63, 3.8) is 0 Å². The van der Waals surface area contributed by atoms with Crippen LogP contribution in [0.3, 0.4) is 0 Å². The van der Waals surface area contributed by atoms with Crippen LogP contribution in [0.5, 0.6) is 0 Å². The van der Waals surface area contributed by atoms with E-state index >= 15 is 0 Å². The highest BCUT2D eigenvalue weighted by Gasteiger charge is 2.29. The SMILES string of the molecule is CNC1CCN(S(=O)(=O)c2ccc(F)c(NC(C)=O)c2)CC1.Cl. The summed E-state index contributed by atoms with van der Waals surface area (Å²) in [6, 6.07) is 3.75. The van der Waals surface area contributed by atoms with Gasteiger partial charge in [-0.1, -0.05) is 0 Å². The molecule has 0 aromatic heterocycles. The van der Waals surface area contributed by atoms with Gasteiger partial charge in [0.25, 0.3) is 0 Å². The zero-order valence-electron chi connectivity index (χ0n) is 13.0. The van der Waals surface area contributed by atoms with E-state index in [1.807, 2.05) is 7.05 Å². The Hall–Kier alpha value is -1.22. The lowest BCUT2D eigenvalue weighted by Gasteiger charge is -2.31. The summed E-state index contributed by atoms with van der Waals surface area (Å²) in [5, 5.41) is 5.43. The second-order valence-electron chi connectivity index (χ2n) is 5.29. The third kappa shape index (κ3) is 4.63. The molecule has 1 aliphatic rings. The highest BCUT2D eigenvalue weighted by atomic mass is 35.5. The normalized spacial score (nSPS) is 16.7. The molecule has 1 aromatic carbocycles. The maximum atomic E-state index is 13.6. The first-order chi connectivity index (χ1) is 10.3. The van der Waals surface area contributed by atoms with Gasteiger partial charge in [-0.15, -0.1) is 12.4 Å². The van der Waals surface area contributed by atoms with E-state index in [9.17, 15) is 17.6 Å². The number of carbonyl (C=O) groups is 1. The Morgan fingerprint density at radius 2 is 1.91 bits per heavy atom. The standard InChI is InChI=1S/C14H20FN3O3S.ClH/c1-10(19)17-14-9-12(3-4-13(14)15)22(20,21)18-7-5-11(16-2)6-8-18;/h3-4,9,11,16H,5-8H2,1-2H3,(H,17,19);1H. The van der Waals surface area contributed by atoms with Gasteiger partial charge in [0.15, 0.2) is 0 Å². The summed E-state index contributed by atoms with van der Waals surface area (Å²) in [6.45, 7) is 2.07. The number of nitrogens with zero attached hydrogens (tertiary/aromatic N) is 1. The van der Waals surface area contributed by atoms with Crippen molar-refractivity contribution in [1.29, 1.82) is 0 Å². The summed E-state index contributed by atoms with van der Waals surface area (Å²) in [4.78, 5) is 11.0. The zero-order valence-corrected chi connectivity index (χ0v) is 14.6. The molecular weight excluding hydrogens is 345 g/mol. The van der Waals surface area contributed by atoms with Crippen LogP contribution in [0.15, 0.2) is 23.1 Å². The number of piperidine rings is 1. The minimum Gasteiger partial charge on any atom is -0.324 e. The highest BCUT2D eigenvalue weighted by molar-refractivity contribution is 7.89. The van der Waals surface area contributed by atoms with Gasteiger partial charge in [0.2, 0.25) is 15.9 Å². The van der Waals surface area contributed by atoms with Crippen LogP contribution in [0, 0.1) is 5.82 Å². The number of amides is 1. The van der Waals surface area contributed by atoms with Crippen molar-refractivity contribution < 1.29 is 17.6 Å². The van der Waals surface area contributed by atoms with E-state index in [-0.39, 0.29) is 23.0 Å². The average molecular weight is 366 g/mol. The Kier molecular flexibility index (Phi) is 6.94. The largest absolute Gasteiger partial charge is 0.324 e. The Morgan fingerprint density at radius 3 is 2.43 bits per heavy atom. The molecular formula is C14H21ClFN3O3S. The summed E-state index contributed by atoms with van der Waals surface area (Å²) >= 11 is 0. The van der Waals surface area contributed by atoms with Gasteiger partial charge in [0.1, 0.15) is 5.82 Å². The van der Waals surface area contributed by atoms with Gasteiger partial charge < -0.3 is 10.6 Å². The van der Waals surface area contributed by atoms with Gasteiger partial charge in [0.05, 0.1) is 10.6 Å². The summed E-state index contributed by atoms with van der Waals surface area (Å²) < 4.78 is 40.2. The highest BCUT2D eigenvalue weighted by Crippen LogP contribution is 2.24. The summed E-state index contributed by atoms with van der Waals surface area (Å²) in [5.74, 6) is -1.12. The first kappa shape index (κ1) is 19.8. The zero-order chi connectivity index (χ0) is 16.3. The van der Waals surface area contributed by atoms with Gasteiger partial charge in [-0.2, -0.15) is 4.31 Å². The Labute approximate surface area is 141 Å². The van der Waals surface area contributed by atoms with E-state index < -0.39 is 21.7 Å². The molecule has 0 bridgehead atoms. The van der Waals surface area contributed by atoms with Gasteiger partial charge >= 0.3 is 0 Å². The number of halogens is 2. The maximum Gasteiger partial charge on any atom is 0.243 e. The van der Waals surface area contributed by atoms with Crippen LogP contribution in [-0.2, 0) is 14.8 Å². The Morgan fingerprint density at radius 1 is 1.30 bits per heavy atom. The number of anilines is 1. The number of benzene rings is 1. The van der Waals surface area contributed by atoms with E-state index in [0.29, 0.717) is 19.1 Å². The quantitative estimate of drug-likeness (QED) is 0.849. The molecule has 0 unspecified atom stereocenters. The molecule has 0 saturated carbocycles. The van der Waals surface area contributed by atoms with E-state index in [1.165, 1.54) is 17.3 Å². The number of hydrogen-bond donors (Lipinski definition) is 2. The molecule has 0 aliphatic carbocycles. The molecule has 6 nitrogen and oxygen atoms in total. The van der Waals surface area contributed by atoms with Crippen molar-refractivity contribution in [2.45, 2.75) is 30.7 Å². The molecule has 2 rings (SSSR count). The lowest BCUT2D eigenvalue weighted by atomic mass is 10.1. The molecule has 2 N–H and O–H groups in total. The van der Waals surface area contributed by atoms with Crippen molar-refractivity contribution in [1.82, 2.24) is 9.62 Å². The van der Waals surface area contributed by atoms with Crippen LogP contribution in [-0.4, -0.2) is 44.8 Å². The molecule has 23 heavy (non-hydrogen) atoms. The van der Waals surface area contributed by atoms with E-state index in [2.05, 4.69) is 10.6 Å². The van der Waals surface area contributed by atoms with Crippen molar-refractivity contribution >= 4 is 34.0 Å². The number of sulfonamides is 1. The minimum absolute atomic E-state index is 0. The van der Waals surface area contributed by atoms with E-state index in [0.717, 1.165) is 25.0 Å². The number of rotatable bonds is 4. The number of hydrogen-bond acceptors (Lipinski definition) is 4. The van der Waals surface area contributed by atoms with Gasteiger partial charge in [-0.25, -0.2) is 12.8 Å². The van der Waals surface area contributed by atoms with Crippen molar-refractivity contribution in [2.24, 2.45) is 0 Å². The lowest BCUT2D eigenvalue weighted by molar-refractivity contribution is -0.114. The second-order valence-corrected chi connectivity index (χ2v) is 7.23. The molecule has 0 spiro atoms. The smallest absolute Gasteiger partial charge is 0.243 e. The summed E-state index contributed by atoms with van der Waals surface area (Å²) in [7, 11) is -1.83. The lowest BCUT2D eigenvalue weighted by Crippen LogP contribution is -2.43. The molecule has 1 aliphatic heterocycles. The van der Waals surface area contributed by atoms with E-state index in [4.69, 9.17) is 0 Å². The topological polar surface area (TPSA) is 78.5 Å². The van der Waals surface area contributed by atoms with Gasteiger partial charge in [-0.3, -0.25) is 4.79 Å². The first-order valence-corrected chi connectivity index (χ1v) is 8.53. The average Bonchev–Trinajstić information content (AvgIpc) is 2.49. The van der Waals surface area contributed by atoms with Gasteiger partial charge in [0, 0.05) is 26.1 Å². The predicted molar refractivity (Wildman–Crippen MR) is 88.8 cm³/mol. The summed E-state index contributed by atoms with van der Waals surface area (Å²) in [6.07, 6.45) is 1.46. The monoisotopic (exact) mass is 365 g/mol. The Balaban J connectivity index is 0.00000264.